The number of benzene rings is 1. The molecule has 2 aliphatic rings. The van der Waals surface area contributed by atoms with E-state index in [2.05, 4.69) is 5.32 Å². The number of rotatable bonds is 6. The SMILES string of the molecule is N#CCOc1ccc(NC(=O)CCN2C(=O)[C@@H]3CCCC[C@H]3C2=O)cc1. The van der Waals surface area contributed by atoms with Gasteiger partial charge in [-0.3, -0.25) is 19.3 Å². The number of hydrogen-bond acceptors (Lipinski definition) is 5. The highest BCUT2D eigenvalue weighted by Gasteiger charge is 2.47. The number of nitrogens with one attached hydrogen (secondary N) is 1. The maximum Gasteiger partial charge on any atom is 0.233 e. The summed E-state index contributed by atoms with van der Waals surface area (Å²) >= 11 is 0. The Morgan fingerprint density at radius 2 is 1.77 bits per heavy atom. The number of hydrogen-bond donors (Lipinski definition) is 1. The van der Waals surface area contributed by atoms with Gasteiger partial charge in [-0.05, 0) is 37.1 Å². The number of anilines is 1. The molecular formula is C19H21N3O4. The van der Waals surface area contributed by atoms with E-state index in [4.69, 9.17) is 10.00 Å². The molecule has 3 amide bonds. The van der Waals surface area contributed by atoms with Crippen LogP contribution in [0.3, 0.4) is 0 Å². The topological polar surface area (TPSA) is 99.5 Å². The van der Waals surface area contributed by atoms with Gasteiger partial charge in [0.25, 0.3) is 0 Å². The van der Waals surface area contributed by atoms with Gasteiger partial charge in [-0.15, -0.1) is 0 Å². The summed E-state index contributed by atoms with van der Waals surface area (Å²) in [7, 11) is 0. The van der Waals surface area contributed by atoms with Gasteiger partial charge in [0.1, 0.15) is 11.8 Å². The lowest BCUT2D eigenvalue weighted by molar-refractivity contribution is -0.140. The zero-order valence-electron chi connectivity index (χ0n) is 14.4. The standard InChI is InChI=1S/C19H21N3O4/c20-10-12-26-14-7-5-13(6-8-14)21-17(23)9-11-22-18(24)15-3-1-2-4-16(15)19(22)25/h5-8,15-16H,1-4,9,11-12H2,(H,21,23)/t15-,16-/m1/s1. The van der Waals surface area contributed by atoms with E-state index in [9.17, 15) is 14.4 Å². The molecule has 1 aliphatic heterocycles. The molecule has 7 nitrogen and oxygen atoms in total. The van der Waals surface area contributed by atoms with Crippen molar-refractivity contribution in [1.29, 1.82) is 5.26 Å². The summed E-state index contributed by atoms with van der Waals surface area (Å²) in [6.45, 7) is 0.0887. The highest BCUT2D eigenvalue weighted by molar-refractivity contribution is 6.05. The second-order valence-corrected chi connectivity index (χ2v) is 6.59. The van der Waals surface area contributed by atoms with Crippen molar-refractivity contribution in [3.63, 3.8) is 0 Å². The molecule has 1 saturated heterocycles. The summed E-state index contributed by atoms with van der Waals surface area (Å²) in [6, 6.07) is 8.54. The predicted molar refractivity (Wildman–Crippen MR) is 93.0 cm³/mol. The quantitative estimate of drug-likeness (QED) is 0.788. The van der Waals surface area contributed by atoms with Gasteiger partial charge in [-0.2, -0.15) is 5.26 Å². The van der Waals surface area contributed by atoms with Gasteiger partial charge in [0, 0.05) is 18.7 Å². The lowest BCUT2D eigenvalue weighted by Crippen LogP contribution is -2.34. The van der Waals surface area contributed by atoms with Gasteiger partial charge in [0.15, 0.2) is 6.61 Å². The summed E-state index contributed by atoms with van der Waals surface area (Å²) in [4.78, 5) is 38.1. The zero-order valence-corrected chi connectivity index (χ0v) is 14.4. The van der Waals surface area contributed by atoms with Crippen molar-refractivity contribution in [2.75, 3.05) is 18.5 Å². The molecule has 1 aliphatic carbocycles. The van der Waals surface area contributed by atoms with E-state index in [0.29, 0.717) is 11.4 Å². The van der Waals surface area contributed by atoms with Crippen molar-refractivity contribution < 1.29 is 19.1 Å². The fourth-order valence-electron chi connectivity index (χ4n) is 3.64. The minimum Gasteiger partial charge on any atom is -0.479 e. The Bertz CT molecular complexity index is 714. The Kier molecular flexibility index (Phi) is 5.52. The molecular weight excluding hydrogens is 334 g/mol. The van der Waals surface area contributed by atoms with Crippen LogP contribution in [0.4, 0.5) is 5.69 Å². The molecule has 2 fully saturated rings. The number of imide groups is 1. The van der Waals surface area contributed by atoms with E-state index in [-0.39, 0.29) is 49.1 Å². The van der Waals surface area contributed by atoms with Crippen molar-refractivity contribution in [2.24, 2.45) is 11.8 Å². The molecule has 1 N–H and O–H groups in total. The number of fused-ring (bicyclic) bond motifs is 1. The Balaban J connectivity index is 1.50. The van der Waals surface area contributed by atoms with Crippen LogP contribution in [-0.2, 0) is 14.4 Å². The second-order valence-electron chi connectivity index (χ2n) is 6.59. The van der Waals surface area contributed by atoms with Crippen LogP contribution < -0.4 is 10.1 Å². The third-order valence-corrected chi connectivity index (χ3v) is 4.94. The summed E-state index contributed by atoms with van der Waals surface area (Å²) in [5.74, 6) is -0.315. The molecule has 0 aromatic heterocycles. The Morgan fingerprint density at radius 3 is 2.35 bits per heavy atom. The molecule has 26 heavy (non-hydrogen) atoms. The molecule has 136 valence electrons. The number of amides is 3. The number of likely N-dealkylation sites (tertiary alicyclic amines) is 1. The highest BCUT2D eigenvalue weighted by Crippen LogP contribution is 2.37. The van der Waals surface area contributed by atoms with E-state index in [1.54, 1.807) is 24.3 Å². The molecule has 2 atom stereocenters. The van der Waals surface area contributed by atoms with E-state index >= 15 is 0 Å². The Hall–Kier alpha value is -2.88. The molecule has 0 bridgehead atoms. The molecule has 0 unspecified atom stereocenters. The van der Waals surface area contributed by atoms with Crippen molar-refractivity contribution in [2.45, 2.75) is 32.1 Å². The largest absolute Gasteiger partial charge is 0.479 e. The van der Waals surface area contributed by atoms with E-state index in [0.717, 1.165) is 25.7 Å². The predicted octanol–water partition coefficient (Wildman–Crippen LogP) is 2.09. The Morgan fingerprint density at radius 1 is 1.15 bits per heavy atom. The Labute approximate surface area is 151 Å². The highest BCUT2D eigenvalue weighted by atomic mass is 16.5. The van der Waals surface area contributed by atoms with Crippen LogP contribution >= 0.6 is 0 Å². The van der Waals surface area contributed by atoms with E-state index < -0.39 is 0 Å². The smallest absolute Gasteiger partial charge is 0.233 e. The average molecular weight is 355 g/mol. The molecule has 1 heterocycles. The van der Waals surface area contributed by atoms with Crippen LogP contribution in [0.2, 0.25) is 0 Å². The first-order valence-corrected chi connectivity index (χ1v) is 8.85. The van der Waals surface area contributed by atoms with Gasteiger partial charge in [-0.25, -0.2) is 0 Å². The fraction of sp³-hybridized carbons (Fsp3) is 0.474. The summed E-state index contributed by atoms with van der Waals surface area (Å²) in [5, 5.41) is 11.2. The van der Waals surface area contributed by atoms with Gasteiger partial charge in [0.2, 0.25) is 17.7 Å². The van der Waals surface area contributed by atoms with E-state index in [1.807, 2.05) is 6.07 Å². The van der Waals surface area contributed by atoms with Crippen LogP contribution in [0, 0.1) is 23.2 Å². The fourth-order valence-corrected chi connectivity index (χ4v) is 3.64. The van der Waals surface area contributed by atoms with Crippen LogP contribution in [0.5, 0.6) is 5.75 Å². The summed E-state index contributed by atoms with van der Waals surface area (Å²) in [5.41, 5.74) is 0.590. The summed E-state index contributed by atoms with van der Waals surface area (Å²) in [6.07, 6.45) is 3.60. The normalized spacial score (nSPS) is 21.9. The number of ether oxygens (including phenoxy) is 1. The third kappa shape index (κ3) is 3.85. The molecule has 0 radical (unpaired) electrons. The van der Waals surface area contributed by atoms with Gasteiger partial charge in [-0.1, -0.05) is 12.8 Å². The molecule has 1 aromatic rings. The van der Waals surface area contributed by atoms with Gasteiger partial charge in [0.05, 0.1) is 11.8 Å². The van der Waals surface area contributed by atoms with Gasteiger partial charge >= 0.3 is 0 Å². The van der Waals surface area contributed by atoms with Crippen LogP contribution in [0.25, 0.3) is 0 Å². The maximum atomic E-state index is 12.4. The van der Waals surface area contributed by atoms with Crippen LogP contribution in [0.1, 0.15) is 32.1 Å². The lowest BCUT2D eigenvalue weighted by atomic mass is 9.81. The van der Waals surface area contributed by atoms with Crippen molar-refractivity contribution in [1.82, 2.24) is 4.90 Å². The van der Waals surface area contributed by atoms with Gasteiger partial charge < -0.3 is 10.1 Å². The van der Waals surface area contributed by atoms with Crippen molar-refractivity contribution in [3.8, 4) is 11.8 Å². The first-order chi connectivity index (χ1) is 12.6. The number of nitriles is 1. The molecule has 1 aromatic carbocycles. The minimum atomic E-state index is -0.258. The van der Waals surface area contributed by atoms with Crippen molar-refractivity contribution >= 4 is 23.4 Å². The zero-order chi connectivity index (χ0) is 18.5. The monoisotopic (exact) mass is 355 g/mol. The maximum absolute atomic E-state index is 12.4. The summed E-state index contributed by atoms with van der Waals surface area (Å²) < 4.78 is 5.14. The third-order valence-electron chi connectivity index (χ3n) is 4.94. The number of nitrogens with zero attached hydrogens (tertiary/aromatic N) is 2. The van der Waals surface area contributed by atoms with Crippen LogP contribution in [-0.4, -0.2) is 35.8 Å². The second kappa shape index (κ2) is 8.00. The van der Waals surface area contributed by atoms with Crippen molar-refractivity contribution in [3.05, 3.63) is 24.3 Å². The molecule has 0 spiro atoms. The van der Waals surface area contributed by atoms with Crippen LogP contribution in [0.15, 0.2) is 24.3 Å². The first-order valence-electron chi connectivity index (χ1n) is 8.85. The number of carbonyl (C=O) groups is 3. The molecule has 7 heteroatoms. The average Bonchev–Trinajstić information content (AvgIpc) is 2.90. The molecule has 1 saturated carbocycles. The first kappa shape index (κ1) is 17.9. The van der Waals surface area contributed by atoms with E-state index in [1.165, 1.54) is 4.90 Å². The molecule has 3 rings (SSSR count). The number of carbonyl (C=O) groups excluding carboxylic acids is 3. The minimum absolute atomic E-state index is 0.0361. The lowest BCUT2D eigenvalue weighted by Gasteiger charge is -2.19.